The molecule has 2 rings (SSSR count). The van der Waals surface area contributed by atoms with Crippen LogP contribution in [0.15, 0.2) is 30.3 Å². The van der Waals surface area contributed by atoms with Crippen LogP contribution in [0.1, 0.15) is 30.7 Å². The lowest BCUT2D eigenvalue weighted by molar-refractivity contribution is -0.195. The number of hydrogen-bond donors (Lipinski definition) is 1. The maximum absolute atomic E-state index is 13.1. The number of rotatable bonds is 4. The Bertz CT molecular complexity index is 435. The smallest absolute Gasteiger partial charge is 0.395 e. The van der Waals surface area contributed by atoms with Gasteiger partial charge in [0.15, 0.2) is 0 Å². The van der Waals surface area contributed by atoms with Crippen LogP contribution in [-0.2, 0) is 4.79 Å². The molecule has 18 heavy (non-hydrogen) atoms. The fraction of sp³-hybridized carbons (Fsp3) is 0.462. The minimum atomic E-state index is -4.34. The van der Waals surface area contributed by atoms with Gasteiger partial charge in [0.1, 0.15) is 0 Å². The predicted octanol–water partition coefficient (Wildman–Crippen LogP) is 3.59. The summed E-state index contributed by atoms with van der Waals surface area (Å²) in [5.41, 5.74) is -1.39. The summed E-state index contributed by atoms with van der Waals surface area (Å²) >= 11 is 0. The SMILES string of the molecule is O=C(O)C[C@@H](c1ccccc1)C1(C(F)(F)F)CC1. The number of carbonyl (C=O) groups is 1. The van der Waals surface area contributed by atoms with Gasteiger partial charge >= 0.3 is 12.1 Å². The Labute approximate surface area is 102 Å². The zero-order valence-corrected chi connectivity index (χ0v) is 9.57. The molecule has 0 aliphatic heterocycles. The monoisotopic (exact) mass is 258 g/mol. The molecule has 1 fully saturated rings. The molecule has 0 saturated heterocycles. The van der Waals surface area contributed by atoms with E-state index in [1.165, 1.54) is 0 Å². The van der Waals surface area contributed by atoms with Gasteiger partial charge in [0.25, 0.3) is 0 Å². The summed E-state index contributed by atoms with van der Waals surface area (Å²) in [6.07, 6.45) is -4.79. The lowest BCUT2D eigenvalue weighted by Gasteiger charge is -2.28. The molecule has 1 N–H and O–H groups in total. The van der Waals surface area contributed by atoms with Gasteiger partial charge in [0.2, 0.25) is 0 Å². The van der Waals surface area contributed by atoms with Crippen LogP contribution < -0.4 is 0 Å². The number of alkyl halides is 3. The highest BCUT2D eigenvalue weighted by Crippen LogP contribution is 2.66. The van der Waals surface area contributed by atoms with Crippen LogP contribution >= 0.6 is 0 Å². The van der Waals surface area contributed by atoms with Crippen LogP contribution in [-0.4, -0.2) is 17.3 Å². The molecule has 0 unspecified atom stereocenters. The minimum Gasteiger partial charge on any atom is -0.481 e. The van der Waals surface area contributed by atoms with Gasteiger partial charge in [-0.3, -0.25) is 4.79 Å². The van der Waals surface area contributed by atoms with Gasteiger partial charge in [-0.15, -0.1) is 0 Å². The highest BCUT2D eigenvalue weighted by atomic mass is 19.4. The summed E-state index contributed by atoms with van der Waals surface area (Å²) < 4.78 is 39.3. The third-order valence-electron chi connectivity index (χ3n) is 3.60. The molecular formula is C13H13F3O2. The first-order valence-electron chi connectivity index (χ1n) is 5.70. The van der Waals surface area contributed by atoms with E-state index in [0.717, 1.165) is 0 Å². The van der Waals surface area contributed by atoms with Crippen LogP contribution in [0.5, 0.6) is 0 Å². The Kier molecular flexibility index (Phi) is 3.09. The maximum atomic E-state index is 13.1. The Morgan fingerprint density at radius 3 is 2.22 bits per heavy atom. The van der Waals surface area contributed by atoms with Gasteiger partial charge in [-0.1, -0.05) is 30.3 Å². The number of halogens is 3. The lowest BCUT2D eigenvalue weighted by atomic mass is 9.80. The number of benzene rings is 1. The fourth-order valence-electron chi connectivity index (χ4n) is 2.46. The topological polar surface area (TPSA) is 37.3 Å². The summed E-state index contributed by atoms with van der Waals surface area (Å²) in [4.78, 5) is 10.8. The second-order valence-corrected chi connectivity index (χ2v) is 4.72. The van der Waals surface area contributed by atoms with Crippen molar-refractivity contribution in [3.8, 4) is 0 Å². The van der Waals surface area contributed by atoms with E-state index in [1.807, 2.05) is 0 Å². The molecule has 1 aromatic carbocycles. The van der Waals surface area contributed by atoms with E-state index in [2.05, 4.69) is 0 Å². The molecule has 2 nitrogen and oxygen atoms in total. The van der Waals surface area contributed by atoms with Gasteiger partial charge in [-0.05, 0) is 18.4 Å². The van der Waals surface area contributed by atoms with E-state index >= 15 is 0 Å². The van der Waals surface area contributed by atoms with Gasteiger partial charge in [0.05, 0.1) is 11.8 Å². The summed E-state index contributed by atoms with van der Waals surface area (Å²) in [6.45, 7) is 0. The average Bonchev–Trinajstić information content (AvgIpc) is 3.07. The van der Waals surface area contributed by atoms with Crippen LogP contribution in [0.3, 0.4) is 0 Å². The summed E-state index contributed by atoms with van der Waals surface area (Å²) in [6, 6.07) is 8.11. The highest BCUT2D eigenvalue weighted by molar-refractivity contribution is 5.68. The molecule has 5 heteroatoms. The standard InChI is InChI=1S/C13H13F3O2/c14-13(15,16)12(6-7-12)10(8-11(17)18)9-4-2-1-3-5-9/h1-5,10H,6-8H2,(H,17,18)/t10-/m0/s1. The molecule has 1 atom stereocenters. The number of carboxylic acid groups (broad SMARTS) is 1. The predicted molar refractivity (Wildman–Crippen MR) is 59.2 cm³/mol. The molecule has 1 aliphatic carbocycles. The molecule has 1 aliphatic rings. The quantitative estimate of drug-likeness (QED) is 0.896. The first-order valence-corrected chi connectivity index (χ1v) is 5.70. The van der Waals surface area contributed by atoms with Gasteiger partial charge < -0.3 is 5.11 Å². The second-order valence-electron chi connectivity index (χ2n) is 4.72. The molecule has 1 aromatic rings. The number of hydrogen-bond acceptors (Lipinski definition) is 1. The number of carboxylic acids is 1. The van der Waals surface area contributed by atoms with Gasteiger partial charge in [0, 0.05) is 5.92 Å². The average molecular weight is 258 g/mol. The number of aliphatic carboxylic acids is 1. The van der Waals surface area contributed by atoms with Crippen molar-refractivity contribution in [1.29, 1.82) is 0 Å². The van der Waals surface area contributed by atoms with E-state index in [1.54, 1.807) is 30.3 Å². The third-order valence-corrected chi connectivity index (χ3v) is 3.60. The van der Waals surface area contributed by atoms with Crippen molar-refractivity contribution < 1.29 is 23.1 Å². The molecule has 0 spiro atoms. The van der Waals surface area contributed by atoms with E-state index in [-0.39, 0.29) is 12.8 Å². The molecule has 0 radical (unpaired) electrons. The van der Waals surface area contributed by atoms with Crippen molar-refractivity contribution in [3.05, 3.63) is 35.9 Å². The zero-order valence-electron chi connectivity index (χ0n) is 9.57. The maximum Gasteiger partial charge on any atom is 0.395 e. The van der Waals surface area contributed by atoms with Crippen molar-refractivity contribution >= 4 is 5.97 Å². The molecule has 1 saturated carbocycles. The second kappa shape index (κ2) is 4.30. The van der Waals surface area contributed by atoms with E-state index in [0.29, 0.717) is 5.56 Å². The van der Waals surface area contributed by atoms with Crippen molar-refractivity contribution in [1.82, 2.24) is 0 Å². The normalized spacial score (nSPS) is 19.3. The first-order chi connectivity index (χ1) is 8.37. The third kappa shape index (κ3) is 2.21. The van der Waals surface area contributed by atoms with E-state index in [4.69, 9.17) is 5.11 Å². The molecule has 0 aromatic heterocycles. The van der Waals surface area contributed by atoms with Crippen LogP contribution in [0, 0.1) is 5.41 Å². The van der Waals surface area contributed by atoms with Crippen LogP contribution in [0.2, 0.25) is 0 Å². The van der Waals surface area contributed by atoms with Crippen molar-refractivity contribution in [3.63, 3.8) is 0 Å². The molecular weight excluding hydrogens is 245 g/mol. The summed E-state index contributed by atoms with van der Waals surface area (Å²) in [5.74, 6) is -2.18. The Hall–Kier alpha value is -1.52. The van der Waals surface area contributed by atoms with E-state index < -0.39 is 29.9 Å². The summed E-state index contributed by atoms with van der Waals surface area (Å²) in [7, 11) is 0. The largest absolute Gasteiger partial charge is 0.481 e. The molecule has 0 amide bonds. The zero-order chi connectivity index (χ0) is 13.4. The Morgan fingerprint density at radius 2 is 1.83 bits per heavy atom. The Morgan fingerprint density at radius 1 is 1.28 bits per heavy atom. The summed E-state index contributed by atoms with van der Waals surface area (Å²) in [5, 5.41) is 8.83. The van der Waals surface area contributed by atoms with Crippen molar-refractivity contribution in [2.75, 3.05) is 0 Å². The van der Waals surface area contributed by atoms with Crippen LogP contribution in [0.25, 0.3) is 0 Å². The highest BCUT2D eigenvalue weighted by Gasteiger charge is 2.67. The fourth-order valence-corrected chi connectivity index (χ4v) is 2.46. The molecule has 98 valence electrons. The van der Waals surface area contributed by atoms with Crippen molar-refractivity contribution in [2.45, 2.75) is 31.4 Å². The van der Waals surface area contributed by atoms with Crippen LogP contribution in [0.4, 0.5) is 13.2 Å². The lowest BCUT2D eigenvalue weighted by Crippen LogP contribution is -2.32. The molecule has 0 bridgehead atoms. The van der Waals surface area contributed by atoms with Gasteiger partial charge in [-0.2, -0.15) is 13.2 Å². The minimum absolute atomic E-state index is 0.0172. The van der Waals surface area contributed by atoms with Crippen molar-refractivity contribution in [2.24, 2.45) is 5.41 Å². The first kappa shape index (κ1) is 12.9. The van der Waals surface area contributed by atoms with E-state index in [9.17, 15) is 18.0 Å². The molecule has 0 heterocycles. The Balaban J connectivity index is 2.36. The van der Waals surface area contributed by atoms with Gasteiger partial charge in [-0.25, -0.2) is 0 Å².